The summed E-state index contributed by atoms with van der Waals surface area (Å²) < 4.78 is 10.6. The van der Waals surface area contributed by atoms with E-state index in [4.69, 9.17) is 9.15 Å². The highest BCUT2D eigenvalue weighted by atomic mass is 32.2. The summed E-state index contributed by atoms with van der Waals surface area (Å²) in [5.74, 6) is -0.0324. The molecule has 0 fully saturated rings. The smallest absolute Gasteiger partial charge is 0.339 e. The molecular weight excluding hydrogens is 430 g/mol. The number of carboxylic acids is 1. The molecule has 1 aromatic heterocycles. The molecule has 1 amide bonds. The van der Waals surface area contributed by atoms with Crippen LogP contribution in [0, 0.1) is 6.92 Å². The molecule has 1 heterocycles. The van der Waals surface area contributed by atoms with E-state index in [1.54, 1.807) is 25.1 Å². The average Bonchev–Trinajstić information content (AvgIpc) is 2.78. The molecule has 0 bridgehead atoms. The molecule has 168 valence electrons. The van der Waals surface area contributed by atoms with Crippen molar-refractivity contribution in [3.05, 3.63) is 75.6 Å². The van der Waals surface area contributed by atoms with Crippen molar-refractivity contribution in [3.8, 4) is 5.75 Å². The Labute approximate surface area is 189 Å². The molecule has 1 atom stereocenters. The lowest BCUT2D eigenvalue weighted by molar-refractivity contribution is -0.141. The van der Waals surface area contributed by atoms with Gasteiger partial charge in [-0.3, -0.25) is 4.79 Å². The van der Waals surface area contributed by atoms with Gasteiger partial charge < -0.3 is 19.6 Å². The first kappa shape index (κ1) is 23.4. The van der Waals surface area contributed by atoms with Gasteiger partial charge in [-0.1, -0.05) is 30.3 Å². The van der Waals surface area contributed by atoms with E-state index < -0.39 is 23.5 Å². The van der Waals surface area contributed by atoms with Gasteiger partial charge in [0.1, 0.15) is 17.4 Å². The van der Waals surface area contributed by atoms with Crippen molar-refractivity contribution in [2.24, 2.45) is 0 Å². The van der Waals surface area contributed by atoms with E-state index in [9.17, 15) is 19.5 Å². The quantitative estimate of drug-likeness (QED) is 0.450. The molecule has 0 spiro atoms. The number of nitrogens with one attached hydrogen (secondary N) is 1. The Balaban J connectivity index is 1.60. The molecule has 0 unspecified atom stereocenters. The summed E-state index contributed by atoms with van der Waals surface area (Å²) >= 11 is 1.44. The molecule has 0 aliphatic carbocycles. The van der Waals surface area contributed by atoms with Crippen molar-refractivity contribution in [2.45, 2.75) is 31.6 Å². The van der Waals surface area contributed by atoms with E-state index >= 15 is 0 Å². The number of aliphatic carboxylic acids is 1. The summed E-state index contributed by atoms with van der Waals surface area (Å²) in [6, 6.07) is 13.9. The molecule has 3 aromatic rings. The molecule has 0 radical (unpaired) electrons. The highest BCUT2D eigenvalue weighted by Crippen LogP contribution is 2.24. The van der Waals surface area contributed by atoms with Crippen molar-refractivity contribution in [1.82, 2.24) is 5.32 Å². The zero-order valence-corrected chi connectivity index (χ0v) is 18.7. The lowest BCUT2D eigenvalue weighted by Crippen LogP contribution is -2.42. The third kappa shape index (κ3) is 5.91. The van der Waals surface area contributed by atoms with Crippen molar-refractivity contribution in [3.63, 3.8) is 0 Å². The van der Waals surface area contributed by atoms with Gasteiger partial charge in [0, 0.05) is 34.9 Å². The van der Waals surface area contributed by atoms with Gasteiger partial charge in [0.2, 0.25) is 5.91 Å². The second kappa shape index (κ2) is 10.9. The predicted octanol–water partition coefficient (Wildman–Crippen LogP) is 3.55. The van der Waals surface area contributed by atoms with E-state index in [2.05, 4.69) is 5.32 Å². The number of amides is 1. The van der Waals surface area contributed by atoms with Gasteiger partial charge in [-0.25, -0.2) is 9.59 Å². The SMILES string of the molecule is COc1ccc2c(C)c(CCC(=O)N[C@@H](CSCc3ccccc3)C(=O)O)c(=O)oc2c1. The summed E-state index contributed by atoms with van der Waals surface area (Å²) in [6.07, 6.45) is 0.145. The van der Waals surface area contributed by atoms with Gasteiger partial charge in [0.15, 0.2) is 0 Å². The predicted molar refractivity (Wildman–Crippen MR) is 124 cm³/mol. The third-order valence-corrected chi connectivity index (χ3v) is 6.23. The number of hydrogen-bond acceptors (Lipinski definition) is 6. The molecule has 3 rings (SSSR count). The zero-order valence-electron chi connectivity index (χ0n) is 17.9. The van der Waals surface area contributed by atoms with Crippen LogP contribution >= 0.6 is 11.8 Å². The van der Waals surface area contributed by atoms with Gasteiger partial charge >= 0.3 is 11.6 Å². The Morgan fingerprint density at radius 2 is 1.94 bits per heavy atom. The maximum Gasteiger partial charge on any atom is 0.339 e. The van der Waals surface area contributed by atoms with Crippen LogP contribution in [0.15, 0.2) is 57.7 Å². The number of thioether (sulfide) groups is 1. The van der Waals surface area contributed by atoms with Crippen LogP contribution in [-0.4, -0.2) is 35.9 Å². The van der Waals surface area contributed by atoms with Crippen LogP contribution in [0.5, 0.6) is 5.75 Å². The first-order chi connectivity index (χ1) is 15.4. The number of carbonyl (C=O) groups is 2. The first-order valence-electron chi connectivity index (χ1n) is 10.1. The Bertz CT molecular complexity index is 1160. The average molecular weight is 456 g/mol. The number of carboxylic acid groups (broad SMARTS) is 1. The van der Waals surface area contributed by atoms with Gasteiger partial charge in [-0.15, -0.1) is 0 Å². The Hall–Kier alpha value is -3.26. The van der Waals surface area contributed by atoms with E-state index in [1.165, 1.54) is 18.9 Å². The summed E-state index contributed by atoms with van der Waals surface area (Å²) in [4.78, 5) is 36.4. The monoisotopic (exact) mass is 455 g/mol. The Kier molecular flexibility index (Phi) is 7.94. The summed E-state index contributed by atoms with van der Waals surface area (Å²) in [6.45, 7) is 1.80. The van der Waals surface area contributed by atoms with Crippen LogP contribution in [0.3, 0.4) is 0 Å². The second-order valence-electron chi connectivity index (χ2n) is 7.31. The standard InChI is InChI=1S/C24H25NO6S/c1-15-18-9-8-17(30-2)12-21(18)31-24(29)19(15)10-11-22(26)25-20(23(27)28)14-32-13-16-6-4-3-5-7-16/h3-9,12,20H,10-11,13-14H2,1-2H3,(H,25,26)(H,27,28)/t20-/m0/s1. The third-order valence-electron chi connectivity index (χ3n) is 5.13. The van der Waals surface area contributed by atoms with Crippen LogP contribution in [0.25, 0.3) is 11.0 Å². The molecule has 2 N–H and O–H groups in total. The van der Waals surface area contributed by atoms with Crippen molar-refractivity contribution < 1.29 is 23.8 Å². The topological polar surface area (TPSA) is 106 Å². The van der Waals surface area contributed by atoms with E-state index in [-0.39, 0.29) is 18.6 Å². The zero-order chi connectivity index (χ0) is 23.1. The number of benzene rings is 2. The minimum Gasteiger partial charge on any atom is -0.497 e. The summed E-state index contributed by atoms with van der Waals surface area (Å²) in [7, 11) is 1.53. The summed E-state index contributed by atoms with van der Waals surface area (Å²) in [5, 5.41) is 12.8. The van der Waals surface area contributed by atoms with Gasteiger partial charge in [0.05, 0.1) is 7.11 Å². The largest absolute Gasteiger partial charge is 0.497 e. The normalized spacial score (nSPS) is 11.8. The van der Waals surface area contributed by atoms with Gasteiger partial charge in [-0.05, 0) is 36.6 Å². The first-order valence-corrected chi connectivity index (χ1v) is 11.3. The van der Waals surface area contributed by atoms with Crippen LogP contribution in [-0.2, 0) is 21.8 Å². The molecule has 0 saturated carbocycles. The number of methoxy groups -OCH3 is 1. The molecule has 32 heavy (non-hydrogen) atoms. The minimum absolute atomic E-state index is 0.0135. The maximum atomic E-state index is 12.4. The fraction of sp³-hybridized carbons (Fsp3) is 0.292. The molecule has 0 aliphatic heterocycles. The number of ether oxygens (including phenoxy) is 1. The fourth-order valence-corrected chi connectivity index (χ4v) is 4.35. The van der Waals surface area contributed by atoms with E-state index in [0.717, 1.165) is 16.5 Å². The second-order valence-corrected chi connectivity index (χ2v) is 8.34. The number of aryl methyl sites for hydroxylation is 1. The van der Waals surface area contributed by atoms with Gasteiger partial charge in [0.25, 0.3) is 0 Å². The van der Waals surface area contributed by atoms with Gasteiger partial charge in [-0.2, -0.15) is 11.8 Å². The number of fused-ring (bicyclic) bond motifs is 1. The number of hydrogen-bond donors (Lipinski definition) is 2. The molecule has 2 aromatic carbocycles. The van der Waals surface area contributed by atoms with E-state index in [1.807, 2.05) is 30.3 Å². The van der Waals surface area contributed by atoms with Crippen molar-refractivity contribution in [2.75, 3.05) is 12.9 Å². The molecule has 8 heteroatoms. The lowest BCUT2D eigenvalue weighted by Gasteiger charge is -2.14. The maximum absolute atomic E-state index is 12.4. The fourth-order valence-electron chi connectivity index (χ4n) is 3.34. The highest BCUT2D eigenvalue weighted by molar-refractivity contribution is 7.98. The molecular formula is C24H25NO6S. The molecule has 0 aliphatic rings. The lowest BCUT2D eigenvalue weighted by atomic mass is 10.0. The number of carbonyl (C=O) groups excluding carboxylic acids is 1. The Morgan fingerprint density at radius 1 is 1.19 bits per heavy atom. The van der Waals surface area contributed by atoms with E-state index in [0.29, 0.717) is 22.6 Å². The summed E-state index contributed by atoms with van der Waals surface area (Å²) in [5.41, 5.74) is 2.14. The molecule has 7 nitrogen and oxygen atoms in total. The van der Waals surface area contributed by atoms with Crippen LogP contribution in [0.2, 0.25) is 0 Å². The highest BCUT2D eigenvalue weighted by Gasteiger charge is 2.21. The van der Waals surface area contributed by atoms with Crippen LogP contribution in [0.4, 0.5) is 0 Å². The van der Waals surface area contributed by atoms with Crippen LogP contribution in [0.1, 0.15) is 23.1 Å². The van der Waals surface area contributed by atoms with Crippen molar-refractivity contribution in [1.29, 1.82) is 0 Å². The Morgan fingerprint density at radius 3 is 2.62 bits per heavy atom. The van der Waals surface area contributed by atoms with Crippen molar-refractivity contribution >= 4 is 34.6 Å². The minimum atomic E-state index is -1.09. The molecule has 0 saturated heterocycles. The van der Waals surface area contributed by atoms with Crippen LogP contribution < -0.4 is 15.7 Å². The number of rotatable bonds is 10.